The smallest absolute Gasteiger partial charge is 0.266 e. The van der Waals surface area contributed by atoms with Gasteiger partial charge in [0.15, 0.2) is 5.78 Å². The summed E-state index contributed by atoms with van der Waals surface area (Å²) in [6.45, 7) is 5.23. The third-order valence-corrected chi connectivity index (χ3v) is 5.65. The minimum atomic E-state index is -0.751. The first-order chi connectivity index (χ1) is 15.3. The lowest BCUT2D eigenvalue weighted by atomic mass is 9.89. The van der Waals surface area contributed by atoms with Gasteiger partial charge in [-0.05, 0) is 63.3 Å². The third-order valence-electron chi connectivity index (χ3n) is 5.65. The van der Waals surface area contributed by atoms with Crippen molar-refractivity contribution in [3.8, 4) is 17.2 Å². The van der Waals surface area contributed by atoms with Gasteiger partial charge >= 0.3 is 0 Å². The number of rotatable bonds is 7. The first-order valence-corrected chi connectivity index (χ1v) is 10.6. The highest BCUT2D eigenvalue weighted by Crippen LogP contribution is 2.37. The largest absolute Gasteiger partial charge is 0.492 e. The van der Waals surface area contributed by atoms with E-state index in [4.69, 9.17) is 9.47 Å². The number of carbonyl (C=O) groups is 3. The maximum absolute atomic E-state index is 13.2. The highest BCUT2D eigenvalue weighted by atomic mass is 16.5. The number of benzene rings is 2. The van der Waals surface area contributed by atoms with Crippen molar-refractivity contribution < 1.29 is 23.9 Å². The maximum atomic E-state index is 13.2. The first kappa shape index (κ1) is 21.8. The molecule has 2 amide bonds. The molecule has 1 fully saturated rings. The van der Waals surface area contributed by atoms with Gasteiger partial charge in [-0.2, -0.15) is 0 Å². The van der Waals surface area contributed by atoms with Crippen LogP contribution in [0.2, 0.25) is 0 Å². The third kappa shape index (κ3) is 4.29. The van der Waals surface area contributed by atoms with Crippen LogP contribution in [0.1, 0.15) is 40.0 Å². The molecule has 1 unspecified atom stereocenters. The molecule has 1 heterocycles. The number of amides is 2. The maximum Gasteiger partial charge on any atom is 0.266 e. The Morgan fingerprint density at radius 2 is 1.75 bits per heavy atom. The molecule has 0 saturated heterocycles. The van der Waals surface area contributed by atoms with Crippen LogP contribution in [-0.2, 0) is 4.79 Å². The molecule has 0 spiro atoms. The van der Waals surface area contributed by atoms with Gasteiger partial charge in [0.2, 0.25) is 0 Å². The molecular weight excluding hydrogens is 408 g/mol. The Morgan fingerprint density at radius 3 is 2.44 bits per heavy atom. The van der Waals surface area contributed by atoms with E-state index in [9.17, 15) is 14.4 Å². The summed E-state index contributed by atoms with van der Waals surface area (Å²) in [7, 11) is 3.96. The molecule has 2 aromatic carbocycles. The number of hydrogen-bond donors (Lipinski definition) is 0. The molecule has 1 aliphatic carbocycles. The van der Waals surface area contributed by atoms with Gasteiger partial charge < -0.3 is 14.4 Å². The number of Topliss-reactive ketones (excluding diaryl/α,β-unsaturated/α-hetero) is 1. The molecule has 166 valence electrons. The molecule has 2 aromatic rings. The molecule has 32 heavy (non-hydrogen) atoms. The highest BCUT2D eigenvalue weighted by molar-refractivity contribution is 6.24. The van der Waals surface area contributed by atoms with Crippen LogP contribution in [0.3, 0.4) is 0 Å². The normalized spacial score (nSPS) is 18.3. The number of ketones is 1. The fourth-order valence-corrected chi connectivity index (χ4v) is 3.94. The second kappa shape index (κ2) is 8.96. The Bertz CT molecular complexity index is 1070. The summed E-state index contributed by atoms with van der Waals surface area (Å²) < 4.78 is 11.6. The van der Waals surface area contributed by atoms with Crippen LogP contribution >= 0.6 is 0 Å². The Balaban J connectivity index is 1.52. The fraction of sp³-hybridized carbons (Fsp3) is 0.320. The van der Waals surface area contributed by atoms with E-state index in [0.717, 1.165) is 17.0 Å². The van der Waals surface area contributed by atoms with E-state index >= 15 is 0 Å². The predicted octanol–water partition coefficient (Wildman–Crippen LogP) is 3.69. The molecule has 0 radical (unpaired) electrons. The van der Waals surface area contributed by atoms with Gasteiger partial charge in [0, 0.05) is 13.0 Å². The summed E-state index contributed by atoms with van der Waals surface area (Å²) >= 11 is 0. The van der Waals surface area contributed by atoms with Crippen molar-refractivity contribution in [3.63, 3.8) is 0 Å². The summed E-state index contributed by atoms with van der Waals surface area (Å²) in [6, 6.07) is 11.3. The molecule has 0 N–H and O–H groups in total. The average Bonchev–Trinajstić information content (AvgIpc) is 3.00. The quantitative estimate of drug-likeness (QED) is 0.489. The zero-order valence-corrected chi connectivity index (χ0v) is 18.3. The number of hydrogen-bond acceptors (Lipinski definition) is 6. The van der Waals surface area contributed by atoms with Crippen LogP contribution in [0.4, 0.5) is 0 Å². The number of allylic oxidation sites excluding steroid dienone is 1. The second-order valence-corrected chi connectivity index (χ2v) is 8.33. The fourth-order valence-electron chi connectivity index (χ4n) is 3.94. The number of likely N-dealkylation sites (N-methyl/N-ethyl adjacent to an activating group) is 1. The molecule has 1 aliphatic heterocycles. The highest BCUT2D eigenvalue weighted by Gasteiger charge is 2.45. The molecule has 2 aliphatic rings. The van der Waals surface area contributed by atoms with Gasteiger partial charge in [0.1, 0.15) is 23.9 Å². The Morgan fingerprint density at radius 1 is 1.03 bits per heavy atom. The van der Waals surface area contributed by atoms with Crippen LogP contribution in [0.25, 0.3) is 0 Å². The van der Waals surface area contributed by atoms with Crippen molar-refractivity contribution >= 4 is 17.6 Å². The van der Waals surface area contributed by atoms with Crippen molar-refractivity contribution in [3.05, 3.63) is 65.7 Å². The first-order valence-electron chi connectivity index (χ1n) is 10.6. The van der Waals surface area contributed by atoms with Crippen molar-refractivity contribution in [2.75, 3.05) is 27.2 Å². The van der Waals surface area contributed by atoms with Gasteiger partial charge in [-0.1, -0.05) is 18.2 Å². The number of ether oxygens (including phenoxy) is 2. The van der Waals surface area contributed by atoms with Crippen LogP contribution in [0.15, 0.2) is 54.6 Å². The summed E-state index contributed by atoms with van der Waals surface area (Å²) in [4.78, 5) is 41.8. The lowest BCUT2D eigenvalue weighted by Crippen LogP contribution is -2.46. The van der Waals surface area contributed by atoms with Crippen LogP contribution in [0, 0.1) is 0 Å². The molecule has 0 aromatic heterocycles. The zero-order valence-electron chi connectivity index (χ0n) is 18.3. The van der Waals surface area contributed by atoms with Crippen LogP contribution in [0.5, 0.6) is 17.2 Å². The lowest BCUT2D eigenvalue weighted by Gasteiger charge is -2.29. The van der Waals surface area contributed by atoms with Gasteiger partial charge in [-0.25, -0.2) is 0 Å². The van der Waals surface area contributed by atoms with E-state index in [0.29, 0.717) is 30.9 Å². The number of imide groups is 1. The minimum Gasteiger partial charge on any atom is -0.492 e. The van der Waals surface area contributed by atoms with E-state index in [1.807, 2.05) is 19.0 Å². The van der Waals surface area contributed by atoms with Crippen molar-refractivity contribution in [2.45, 2.75) is 25.3 Å². The van der Waals surface area contributed by atoms with Gasteiger partial charge in [-0.3, -0.25) is 19.3 Å². The van der Waals surface area contributed by atoms with Crippen molar-refractivity contribution in [2.24, 2.45) is 0 Å². The van der Waals surface area contributed by atoms with Crippen LogP contribution in [-0.4, -0.2) is 60.7 Å². The average molecular weight is 434 g/mol. The molecule has 7 nitrogen and oxygen atoms in total. The van der Waals surface area contributed by atoms with Crippen LogP contribution < -0.4 is 9.47 Å². The number of carbonyl (C=O) groups excluding carboxylic acids is 3. The topological polar surface area (TPSA) is 76.2 Å². The second-order valence-electron chi connectivity index (χ2n) is 8.33. The lowest BCUT2D eigenvalue weighted by molar-refractivity contribution is -0.123. The summed E-state index contributed by atoms with van der Waals surface area (Å²) in [6.07, 6.45) is 1.23. The Kier molecular flexibility index (Phi) is 6.10. The summed E-state index contributed by atoms with van der Waals surface area (Å²) in [5.41, 5.74) is 1.29. The predicted molar refractivity (Wildman–Crippen MR) is 119 cm³/mol. The number of fused-ring (bicyclic) bond motifs is 1. The van der Waals surface area contributed by atoms with Gasteiger partial charge in [0.25, 0.3) is 11.8 Å². The monoisotopic (exact) mass is 434 g/mol. The van der Waals surface area contributed by atoms with E-state index in [2.05, 4.69) is 6.58 Å². The van der Waals surface area contributed by atoms with E-state index in [-0.39, 0.29) is 29.1 Å². The van der Waals surface area contributed by atoms with E-state index in [1.54, 1.807) is 42.5 Å². The van der Waals surface area contributed by atoms with Crippen molar-refractivity contribution in [1.82, 2.24) is 9.80 Å². The summed E-state index contributed by atoms with van der Waals surface area (Å²) in [5, 5.41) is 0. The standard InChI is InChI=1S/C25H26N2O5/c1-16-7-12-20(21(28)15-16)27-24(29)19-5-4-6-22(23(19)25(27)30)32-18-10-8-17(9-11-18)31-14-13-26(2)3/h4-6,8-11,20H,1,7,12-15H2,2-3H3. The SMILES string of the molecule is C=C1CCC(N2C(=O)c3cccc(Oc4ccc(OCCN(C)C)cc4)c3C2=O)C(=O)C1. The van der Waals surface area contributed by atoms with Gasteiger partial charge in [0.05, 0.1) is 17.2 Å². The molecule has 4 rings (SSSR count). The van der Waals surface area contributed by atoms with Gasteiger partial charge in [-0.15, -0.1) is 0 Å². The zero-order chi connectivity index (χ0) is 22.8. The molecule has 1 saturated carbocycles. The Labute approximate surface area is 187 Å². The molecular formula is C25H26N2O5. The minimum absolute atomic E-state index is 0.150. The number of nitrogens with zero attached hydrogens (tertiary/aromatic N) is 2. The molecule has 7 heteroatoms. The Hall–Kier alpha value is -3.45. The van der Waals surface area contributed by atoms with E-state index in [1.165, 1.54) is 0 Å². The summed E-state index contributed by atoms with van der Waals surface area (Å²) in [5.74, 6) is 0.427. The van der Waals surface area contributed by atoms with Crippen molar-refractivity contribution in [1.29, 1.82) is 0 Å². The van der Waals surface area contributed by atoms with E-state index < -0.39 is 17.9 Å². The molecule has 0 bridgehead atoms. The molecule has 1 atom stereocenters.